The summed E-state index contributed by atoms with van der Waals surface area (Å²) in [6, 6.07) is 14.4. The lowest BCUT2D eigenvalue weighted by Gasteiger charge is -2.20. The molecule has 33 heavy (non-hydrogen) atoms. The second-order valence-corrected chi connectivity index (χ2v) is 7.05. The number of rotatable bonds is 7. The summed E-state index contributed by atoms with van der Waals surface area (Å²) < 4.78 is 48.9. The highest BCUT2D eigenvalue weighted by atomic mass is 19.1. The number of nitrogens with one attached hydrogen (secondary N) is 1. The highest BCUT2D eigenvalue weighted by Gasteiger charge is 2.20. The van der Waals surface area contributed by atoms with Crippen LogP contribution in [0.1, 0.15) is 21.5 Å². The van der Waals surface area contributed by atoms with Crippen LogP contribution in [0.25, 0.3) is 0 Å². The van der Waals surface area contributed by atoms with Gasteiger partial charge in [-0.15, -0.1) is 0 Å². The second-order valence-electron chi connectivity index (χ2n) is 7.05. The fourth-order valence-electron chi connectivity index (χ4n) is 3.24. The molecule has 7 nitrogen and oxygen atoms in total. The first-order valence-corrected chi connectivity index (χ1v) is 9.96. The van der Waals surface area contributed by atoms with Crippen molar-refractivity contribution in [3.05, 3.63) is 89.0 Å². The molecule has 1 N–H and O–H groups in total. The second kappa shape index (κ2) is 10.1. The van der Waals surface area contributed by atoms with Crippen molar-refractivity contribution in [3.63, 3.8) is 0 Å². The van der Waals surface area contributed by atoms with Crippen molar-refractivity contribution >= 4 is 17.6 Å². The summed E-state index contributed by atoms with van der Waals surface area (Å²) in [5.74, 6) is -1.88. The molecule has 0 spiro atoms. The van der Waals surface area contributed by atoms with Gasteiger partial charge in [0.1, 0.15) is 35.3 Å². The van der Waals surface area contributed by atoms with Crippen molar-refractivity contribution < 1.29 is 37.3 Å². The number of carbonyl (C=O) groups is 2. The molecule has 9 heteroatoms. The minimum absolute atomic E-state index is 0.0184. The average Bonchev–Trinajstić information content (AvgIpc) is 2.82. The minimum atomic E-state index is -0.731. The van der Waals surface area contributed by atoms with Gasteiger partial charge < -0.3 is 24.3 Å². The molecule has 1 aliphatic rings. The summed E-state index contributed by atoms with van der Waals surface area (Å²) in [6.45, 7) is -0.476. The van der Waals surface area contributed by atoms with Gasteiger partial charge in [-0.05, 0) is 36.4 Å². The summed E-state index contributed by atoms with van der Waals surface area (Å²) in [7, 11) is 0. The number of amides is 1. The lowest BCUT2D eigenvalue weighted by atomic mass is 10.1. The topological polar surface area (TPSA) is 83.1 Å². The van der Waals surface area contributed by atoms with Gasteiger partial charge in [0.15, 0.2) is 13.4 Å². The number of fused-ring (bicyclic) bond motifs is 1. The van der Waals surface area contributed by atoms with E-state index >= 15 is 0 Å². The molecule has 0 fully saturated rings. The van der Waals surface area contributed by atoms with E-state index in [0.717, 1.165) is 0 Å². The van der Waals surface area contributed by atoms with Gasteiger partial charge in [0.25, 0.3) is 5.91 Å². The molecule has 0 aromatic heterocycles. The normalized spacial score (nSPS) is 12.3. The molecule has 0 radical (unpaired) electrons. The van der Waals surface area contributed by atoms with E-state index in [4.69, 9.17) is 18.9 Å². The maximum absolute atomic E-state index is 13.9. The Morgan fingerprint density at radius 1 is 1.03 bits per heavy atom. The van der Waals surface area contributed by atoms with Crippen LogP contribution in [-0.4, -0.2) is 25.3 Å². The van der Waals surface area contributed by atoms with Gasteiger partial charge in [0.2, 0.25) is 0 Å². The van der Waals surface area contributed by atoms with Crippen LogP contribution in [0.15, 0.2) is 60.7 Å². The fourth-order valence-corrected chi connectivity index (χ4v) is 3.24. The number of hydrogen-bond acceptors (Lipinski definition) is 6. The van der Waals surface area contributed by atoms with Gasteiger partial charge in [0, 0.05) is 11.1 Å². The van der Waals surface area contributed by atoms with E-state index in [1.54, 1.807) is 18.2 Å². The first-order valence-electron chi connectivity index (χ1n) is 9.96. The van der Waals surface area contributed by atoms with Crippen molar-refractivity contribution in [3.8, 4) is 11.5 Å². The molecule has 0 unspecified atom stereocenters. The molecule has 1 amide bonds. The first-order chi connectivity index (χ1) is 16.0. The third kappa shape index (κ3) is 5.45. The summed E-state index contributed by atoms with van der Waals surface area (Å²) >= 11 is 0. The lowest BCUT2D eigenvalue weighted by Crippen LogP contribution is -2.21. The quantitative estimate of drug-likeness (QED) is 0.538. The number of hydrogen-bond donors (Lipinski definition) is 1. The van der Waals surface area contributed by atoms with Crippen LogP contribution in [0.4, 0.5) is 14.5 Å². The van der Waals surface area contributed by atoms with E-state index in [9.17, 15) is 18.4 Å². The summed E-state index contributed by atoms with van der Waals surface area (Å²) in [5, 5.41) is 2.40. The molecule has 0 bridgehead atoms. The minimum Gasteiger partial charge on any atom is -0.483 e. The Kier molecular flexibility index (Phi) is 6.80. The molecule has 1 aliphatic heterocycles. The fraction of sp³-hybridized carbons (Fsp3) is 0.167. The van der Waals surface area contributed by atoms with Gasteiger partial charge in [-0.25, -0.2) is 13.6 Å². The van der Waals surface area contributed by atoms with Crippen molar-refractivity contribution in [1.82, 2.24) is 0 Å². The maximum atomic E-state index is 13.9. The summed E-state index contributed by atoms with van der Waals surface area (Å²) in [4.78, 5) is 24.8. The molecule has 0 atom stereocenters. The van der Waals surface area contributed by atoms with E-state index in [0.29, 0.717) is 16.9 Å². The monoisotopic (exact) mass is 455 g/mol. The van der Waals surface area contributed by atoms with Crippen LogP contribution < -0.4 is 14.8 Å². The smallest absolute Gasteiger partial charge is 0.342 e. The van der Waals surface area contributed by atoms with Crippen LogP contribution in [-0.2, 0) is 27.5 Å². The third-order valence-corrected chi connectivity index (χ3v) is 4.72. The molecule has 3 aromatic carbocycles. The highest BCUT2D eigenvalue weighted by molar-refractivity contribution is 5.94. The molecular weight excluding hydrogens is 436 g/mol. The van der Waals surface area contributed by atoms with E-state index in [1.165, 1.54) is 42.5 Å². The van der Waals surface area contributed by atoms with Crippen molar-refractivity contribution in [2.24, 2.45) is 0 Å². The Labute approximate surface area is 187 Å². The zero-order chi connectivity index (χ0) is 23.2. The van der Waals surface area contributed by atoms with Crippen LogP contribution in [0.2, 0.25) is 0 Å². The Morgan fingerprint density at radius 3 is 2.67 bits per heavy atom. The van der Waals surface area contributed by atoms with Crippen molar-refractivity contribution in [2.45, 2.75) is 13.2 Å². The predicted molar refractivity (Wildman–Crippen MR) is 113 cm³/mol. The molecule has 170 valence electrons. The van der Waals surface area contributed by atoms with Crippen LogP contribution >= 0.6 is 0 Å². The number of benzene rings is 3. The van der Waals surface area contributed by atoms with Crippen molar-refractivity contribution in [1.29, 1.82) is 0 Å². The van der Waals surface area contributed by atoms with E-state index in [1.807, 2.05) is 0 Å². The first kappa shape index (κ1) is 22.2. The zero-order valence-corrected chi connectivity index (χ0v) is 17.3. The highest BCUT2D eigenvalue weighted by Crippen LogP contribution is 2.30. The van der Waals surface area contributed by atoms with Gasteiger partial charge in [-0.1, -0.05) is 24.3 Å². The van der Waals surface area contributed by atoms with Crippen LogP contribution in [0.5, 0.6) is 11.5 Å². The van der Waals surface area contributed by atoms with E-state index in [-0.39, 0.29) is 37.0 Å². The van der Waals surface area contributed by atoms with E-state index < -0.39 is 30.1 Å². The number of anilines is 1. The molecule has 1 heterocycles. The SMILES string of the molecule is O=C(COc1ccccc1C(=O)OCc1cc(F)cc2c1OCOC2)Nc1ccccc1F. The van der Waals surface area contributed by atoms with Crippen molar-refractivity contribution in [2.75, 3.05) is 18.7 Å². The van der Waals surface area contributed by atoms with Gasteiger partial charge in [0.05, 0.1) is 12.3 Å². The Bertz CT molecular complexity index is 1180. The molecule has 0 saturated heterocycles. The molecule has 3 aromatic rings. The van der Waals surface area contributed by atoms with E-state index in [2.05, 4.69) is 5.32 Å². The third-order valence-electron chi connectivity index (χ3n) is 4.72. The number of halogens is 2. The number of carbonyl (C=O) groups excluding carboxylic acids is 2. The Hall–Kier alpha value is -3.98. The molecule has 4 rings (SSSR count). The molecule has 0 saturated carbocycles. The van der Waals surface area contributed by atoms with Gasteiger partial charge in [-0.2, -0.15) is 0 Å². The molecule has 0 aliphatic carbocycles. The maximum Gasteiger partial charge on any atom is 0.342 e. The number of ether oxygens (including phenoxy) is 4. The molecular formula is C24H19F2NO6. The Balaban J connectivity index is 1.40. The average molecular weight is 455 g/mol. The van der Waals surface area contributed by atoms with Crippen LogP contribution in [0.3, 0.4) is 0 Å². The standard InChI is InChI=1S/C24H19F2NO6/c25-17-9-15-11-30-14-33-23(15)16(10-17)12-32-24(29)18-5-1-4-8-21(18)31-13-22(28)27-20-7-3-2-6-19(20)26/h1-10H,11-14H2,(H,27,28). The summed E-state index contributed by atoms with van der Waals surface area (Å²) in [5.41, 5.74) is 0.983. The predicted octanol–water partition coefficient (Wildman–Crippen LogP) is 4.21. The Morgan fingerprint density at radius 2 is 1.82 bits per heavy atom. The largest absolute Gasteiger partial charge is 0.483 e. The lowest BCUT2D eigenvalue weighted by molar-refractivity contribution is -0.118. The van der Waals surface area contributed by atoms with Gasteiger partial charge >= 0.3 is 5.97 Å². The van der Waals surface area contributed by atoms with Gasteiger partial charge in [-0.3, -0.25) is 4.79 Å². The zero-order valence-electron chi connectivity index (χ0n) is 17.3. The summed E-state index contributed by atoms with van der Waals surface area (Å²) in [6.07, 6.45) is 0. The van der Waals surface area contributed by atoms with Crippen LogP contribution in [0, 0.1) is 11.6 Å². The number of esters is 1. The number of para-hydroxylation sites is 2.